The van der Waals surface area contributed by atoms with Crippen molar-refractivity contribution in [1.82, 2.24) is 4.98 Å². The number of hydrogen-bond donors (Lipinski definition) is 2. The Labute approximate surface area is 130 Å². The molecule has 22 heavy (non-hydrogen) atoms. The lowest BCUT2D eigenvalue weighted by atomic mass is 10.2. The maximum atomic E-state index is 10.8. The average molecular weight is 315 g/mol. The molecule has 112 valence electrons. The molecule has 2 N–H and O–H groups in total. The number of hydrogen-bond acceptors (Lipinski definition) is 5. The van der Waals surface area contributed by atoms with Gasteiger partial charge in [-0.3, -0.25) is 0 Å². The van der Waals surface area contributed by atoms with Crippen LogP contribution in [0, 0.1) is 0 Å². The largest absolute Gasteiger partial charge is 0.504 e. The monoisotopic (exact) mass is 315 g/mol. The van der Waals surface area contributed by atoms with E-state index in [9.17, 15) is 9.90 Å². The second-order valence-electron chi connectivity index (χ2n) is 4.77. The predicted octanol–water partition coefficient (Wildman–Crippen LogP) is 3.52. The van der Waals surface area contributed by atoms with Gasteiger partial charge in [0.1, 0.15) is 5.01 Å². The quantitative estimate of drug-likeness (QED) is 0.770. The molecule has 0 aliphatic carbocycles. The molecule has 0 spiro atoms. The Bertz CT molecular complexity index is 810. The summed E-state index contributed by atoms with van der Waals surface area (Å²) in [4.78, 5) is 15.3. The van der Waals surface area contributed by atoms with Crippen LogP contribution >= 0.6 is 11.3 Å². The molecule has 2 aromatic carbocycles. The van der Waals surface area contributed by atoms with Crippen molar-refractivity contribution in [2.75, 3.05) is 0 Å². The number of nitrogens with zero attached hydrogens (tertiary/aromatic N) is 1. The summed E-state index contributed by atoms with van der Waals surface area (Å²) in [5, 5.41) is 19.6. The van der Waals surface area contributed by atoms with Crippen LogP contribution in [0.2, 0.25) is 0 Å². The van der Waals surface area contributed by atoms with Gasteiger partial charge in [-0.25, -0.2) is 9.78 Å². The van der Waals surface area contributed by atoms with Crippen LogP contribution in [0.3, 0.4) is 0 Å². The van der Waals surface area contributed by atoms with Gasteiger partial charge in [-0.1, -0.05) is 12.1 Å². The molecular formula is C16H13NO4S. The number of thiazole rings is 1. The van der Waals surface area contributed by atoms with Crippen LogP contribution < -0.4 is 4.74 Å². The molecule has 1 atom stereocenters. The second kappa shape index (κ2) is 5.65. The fourth-order valence-corrected chi connectivity index (χ4v) is 2.95. The minimum absolute atomic E-state index is 0.107. The van der Waals surface area contributed by atoms with Crippen LogP contribution in [-0.2, 0) is 4.79 Å². The third-order valence-corrected chi connectivity index (χ3v) is 4.24. The van der Waals surface area contributed by atoms with Gasteiger partial charge in [0.05, 0.1) is 10.2 Å². The molecule has 1 unspecified atom stereocenters. The Morgan fingerprint density at radius 1 is 1.27 bits per heavy atom. The molecule has 1 heterocycles. The maximum absolute atomic E-state index is 10.8. The van der Waals surface area contributed by atoms with Crippen LogP contribution in [0.15, 0.2) is 42.5 Å². The molecule has 0 fully saturated rings. The molecule has 0 aliphatic heterocycles. The van der Waals surface area contributed by atoms with Crippen molar-refractivity contribution in [3.8, 4) is 22.1 Å². The minimum Gasteiger partial charge on any atom is -0.504 e. The van der Waals surface area contributed by atoms with E-state index in [1.165, 1.54) is 24.3 Å². The van der Waals surface area contributed by atoms with Crippen LogP contribution in [0.1, 0.15) is 6.92 Å². The smallest absolute Gasteiger partial charge is 0.344 e. The molecule has 0 amide bonds. The molecule has 3 aromatic rings. The molecule has 0 bridgehead atoms. The normalized spacial score (nSPS) is 12.2. The standard InChI is InChI=1S/C16H13NO4S/c1-9(16(19)20)21-13-7-6-10(8-12(13)18)15-17-11-4-2-3-5-14(11)22-15/h2-9,18H,1H3,(H,19,20). The summed E-state index contributed by atoms with van der Waals surface area (Å²) in [5.74, 6) is -1.06. The van der Waals surface area contributed by atoms with E-state index in [4.69, 9.17) is 9.84 Å². The molecule has 0 saturated heterocycles. The highest BCUT2D eigenvalue weighted by Crippen LogP contribution is 2.35. The summed E-state index contributed by atoms with van der Waals surface area (Å²) in [7, 11) is 0. The van der Waals surface area contributed by atoms with E-state index >= 15 is 0 Å². The maximum Gasteiger partial charge on any atom is 0.344 e. The Hall–Kier alpha value is -2.60. The fraction of sp³-hybridized carbons (Fsp3) is 0.125. The lowest BCUT2D eigenvalue weighted by Crippen LogP contribution is -2.22. The van der Waals surface area contributed by atoms with Crippen molar-refractivity contribution in [2.45, 2.75) is 13.0 Å². The SMILES string of the molecule is CC(Oc1ccc(-c2nc3ccccc3s2)cc1O)C(=O)O. The zero-order valence-corrected chi connectivity index (χ0v) is 12.5. The number of rotatable bonds is 4. The number of carbonyl (C=O) groups is 1. The van der Waals surface area contributed by atoms with E-state index < -0.39 is 12.1 Å². The first-order valence-corrected chi connectivity index (χ1v) is 7.44. The number of para-hydroxylation sites is 1. The number of carboxylic acids is 1. The summed E-state index contributed by atoms with van der Waals surface area (Å²) in [6.07, 6.45) is -1.03. The Morgan fingerprint density at radius 2 is 2.05 bits per heavy atom. The zero-order chi connectivity index (χ0) is 15.7. The Morgan fingerprint density at radius 3 is 2.73 bits per heavy atom. The van der Waals surface area contributed by atoms with Gasteiger partial charge < -0.3 is 14.9 Å². The first-order chi connectivity index (χ1) is 10.5. The predicted molar refractivity (Wildman–Crippen MR) is 84.4 cm³/mol. The molecule has 0 aliphatic rings. The third-order valence-electron chi connectivity index (χ3n) is 3.15. The van der Waals surface area contributed by atoms with Gasteiger partial charge in [-0.15, -0.1) is 11.3 Å². The van der Waals surface area contributed by atoms with Gasteiger partial charge >= 0.3 is 5.97 Å². The van der Waals surface area contributed by atoms with Crippen LogP contribution in [0.25, 0.3) is 20.8 Å². The molecule has 3 rings (SSSR count). The number of benzene rings is 2. The Balaban J connectivity index is 1.92. The van der Waals surface area contributed by atoms with Crippen LogP contribution in [0.5, 0.6) is 11.5 Å². The van der Waals surface area contributed by atoms with Gasteiger partial charge in [0, 0.05) is 5.56 Å². The molecular weight excluding hydrogens is 302 g/mol. The number of phenols is 1. The first-order valence-electron chi connectivity index (χ1n) is 6.63. The molecule has 6 heteroatoms. The second-order valence-corrected chi connectivity index (χ2v) is 5.80. The highest BCUT2D eigenvalue weighted by molar-refractivity contribution is 7.21. The molecule has 5 nitrogen and oxygen atoms in total. The van der Waals surface area contributed by atoms with E-state index in [0.29, 0.717) is 0 Å². The Kier molecular flexibility index (Phi) is 3.68. The summed E-state index contributed by atoms with van der Waals surface area (Å²) < 4.78 is 6.26. The number of fused-ring (bicyclic) bond motifs is 1. The van der Waals surface area contributed by atoms with Gasteiger partial charge in [-0.05, 0) is 37.3 Å². The highest BCUT2D eigenvalue weighted by atomic mass is 32.1. The van der Waals surface area contributed by atoms with Crippen molar-refractivity contribution < 1.29 is 19.7 Å². The fourth-order valence-electron chi connectivity index (χ4n) is 1.99. The molecule has 1 aromatic heterocycles. The van der Waals surface area contributed by atoms with Gasteiger partial charge in [0.25, 0.3) is 0 Å². The van der Waals surface area contributed by atoms with Crippen molar-refractivity contribution in [3.05, 3.63) is 42.5 Å². The van der Waals surface area contributed by atoms with E-state index in [-0.39, 0.29) is 11.5 Å². The van der Waals surface area contributed by atoms with E-state index in [0.717, 1.165) is 20.8 Å². The minimum atomic E-state index is -1.09. The number of aromatic hydroxyl groups is 1. The summed E-state index contributed by atoms with van der Waals surface area (Å²) in [6.45, 7) is 1.41. The van der Waals surface area contributed by atoms with Crippen molar-refractivity contribution in [3.63, 3.8) is 0 Å². The number of carboxylic acid groups (broad SMARTS) is 1. The number of aromatic nitrogens is 1. The van der Waals surface area contributed by atoms with E-state index in [1.54, 1.807) is 12.1 Å². The number of aliphatic carboxylic acids is 1. The first kappa shape index (κ1) is 14.3. The van der Waals surface area contributed by atoms with Crippen LogP contribution in [0.4, 0.5) is 0 Å². The third kappa shape index (κ3) is 2.73. The van der Waals surface area contributed by atoms with Gasteiger partial charge in [0.15, 0.2) is 17.6 Å². The average Bonchev–Trinajstić information content (AvgIpc) is 2.93. The van der Waals surface area contributed by atoms with Crippen molar-refractivity contribution in [2.24, 2.45) is 0 Å². The lowest BCUT2D eigenvalue weighted by molar-refractivity contribution is -0.144. The summed E-state index contributed by atoms with van der Waals surface area (Å²) >= 11 is 1.53. The molecule has 0 radical (unpaired) electrons. The number of phenolic OH excluding ortho intramolecular Hbond substituents is 1. The topological polar surface area (TPSA) is 79.7 Å². The van der Waals surface area contributed by atoms with Gasteiger partial charge in [0.2, 0.25) is 0 Å². The number of ether oxygens (including phenoxy) is 1. The zero-order valence-electron chi connectivity index (χ0n) is 11.7. The van der Waals surface area contributed by atoms with E-state index in [2.05, 4.69) is 4.98 Å². The van der Waals surface area contributed by atoms with Gasteiger partial charge in [-0.2, -0.15) is 0 Å². The van der Waals surface area contributed by atoms with Crippen molar-refractivity contribution in [1.29, 1.82) is 0 Å². The summed E-state index contributed by atoms with van der Waals surface area (Å²) in [6, 6.07) is 12.6. The van der Waals surface area contributed by atoms with Crippen molar-refractivity contribution >= 4 is 27.5 Å². The summed E-state index contributed by atoms with van der Waals surface area (Å²) in [5.41, 5.74) is 1.66. The van der Waals surface area contributed by atoms with E-state index in [1.807, 2.05) is 24.3 Å². The van der Waals surface area contributed by atoms with Crippen LogP contribution in [-0.4, -0.2) is 27.3 Å². The molecule has 0 saturated carbocycles. The highest BCUT2D eigenvalue weighted by Gasteiger charge is 2.16. The lowest BCUT2D eigenvalue weighted by Gasteiger charge is -2.12.